The Balaban J connectivity index is 1.36. The summed E-state index contributed by atoms with van der Waals surface area (Å²) in [7, 11) is 0. The van der Waals surface area contributed by atoms with E-state index in [-0.39, 0.29) is 18.6 Å². The summed E-state index contributed by atoms with van der Waals surface area (Å²) in [6.45, 7) is 2.27. The Hall–Kier alpha value is -0.610. The maximum absolute atomic E-state index is 11.9. The molecule has 0 radical (unpaired) electrons. The molecule has 1 heterocycles. The molecule has 3 atom stereocenters. The van der Waals surface area contributed by atoms with E-state index in [1.165, 1.54) is 25.7 Å². The van der Waals surface area contributed by atoms with E-state index in [0.717, 1.165) is 37.8 Å². The molecule has 2 aliphatic carbocycles. The van der Waals surface area contributed by atoms with E-state index >= 15 is 0 Å². The van der Waals surface area contributed by atoms with Crippen LogP contribution in [0.3, 0.4) is 0 Å². The quantitative estimate of drug-likeness (QED) is 0.786. The zero-order chi connectivity index (χ0) is 12.4. The van der Waals surface area contributed by atoms with Gasteiger partial charge in [0.1, 0.15) is 6.61 Å². The molecule has 3 aliphatic rings. The lowest BCUT2D eigenvalue weighted by Crippen LogP contribution is -2.41. The van der Waals surface area contributed by atoms with Gasteiger partial charge in [0.2, 0.25) is 5.91 Å². The molecule has 0 aromatic rings. The van der Waals surface area contributed by atoms with Crippen molar-refractivity contribution >= 4 is 5.91 Å². The van der Waals surface area contributed by atoms with Crippen LogP contribution in [0.15, 0.2) is 0 Å². The topological polar surface area (TPSA) is 50.4 Å². The van der Waals surface area contributed by atoms with Gasteiger partial charge in [0.05, 0.1) is 6.10 Å². The van der Waals surface area contributed by atoms with Gasteiger partial charge < -0.3 is 15.4 Å². The molecule has 2 saturated carbocycles. The highest BCUT2D eigenvalue weighted by atomic mass is 16.5. The van der Waals surface area contributed by atoms with Crippen molar-refractivity contribution in [3.05, 3.63) is 0 Å². The number of rotatable bonds is 4. The minimum atomic E-state index is 0.0890. The molecule has 0 aromatic heterocycles. The predicted molar refractivity (Wildman–Crippen MR) is 69.2 cm³/mol. The predicted octanol–water partition coefficient (Wildman–Crippen LogP) is 1.06. The Morgan fingerprint density at radius 1 is 1.17 bits per heavy atom. The fraction of sp³-hybridized carbons (Fsp3) is 0.929. The number of amides is 1. The molecule has 4 heteroatoms. The van der Waals surface area contributed by atoms with Crippen molar-refractivity contribution in [1.82, 2.24) is 10.6 Å². The molecule has 4 nitrogen and oxygen atoms in total. The van der Waals surface area contributed by atoms with Crippen LogP contribution in [-0.2, 0) is 9.53 Å². The third kappa shape index (κ3) is 2.86. The fourth-order valence-corrected chi connectivity index (χ4v) is 3.83. The largest absolute Gasteiger partial charge is 0.368 e. The minimum Gasteiger partial charge on any atom is -0.368 e. The summed E-state index contributed by atoms with van der Waals surface area (Å²) < 4.78 is 5.68. The molecule has 18 heavy (non-hydrogen) atoms. The lowest BCUT2D eigenvalue weighted by molar-refractivity contribution is -0.129. The second-order valence-corrected chi connectivity index (χ2v) is 6.11. The molecule has 2 N–H and O–H groups in total. The van der Waals surface area contributed by atoms with Crippen molar-refractivity contribution in [1.29, 1.82) is 0 Å². The van der Waals surface area contributed by atoms with Crippen LogP contribution in [0.2, 0.25) is 0 Å². The molecule has 0 aromatic carbocycles. The second kappa shape index (κ2) is 5.57. The molecule has 1 amide bonds. The lowest BCUT2D eigenvalue weighted by atomic mass is 9.95. The van der Waals surface area contributed by atoms with Crippen molar-refractivity contribution in [3.8, 4) is 0 Å². The van der Waals surface area contributed by atoms with Gasteiger partial charge in [-0.05, 0) is 57.0 Å². The maximum atomic E-state index is 11.9. The normalized spacial score (nSPS) is 35.9. The summed E-state index contributed by atoms with van der Waals surface area (Å²) in [5, 5.41) is 6.47. The van der Waals surface area contributed by atoms with Gasteiger partial charge >= 0.3 is 0 Å². The van der Waals surface area contributed by atoms with Gasteiger partial charge in [-0.3, -0.25) is 4.79 Å². The molecule has 3 rings (SSSR count). The first kappa shape index (κ1) is 12.4. The summed E-state index contributed by atoms with van der Waals surface area (Å²) in [5.74, 6) is 1.72. The molecule has 3 unspecified atom stereocenters. The van der Waals surface area contributed by atoms with Crippen LogP contribution >= 0.6 is 0 Å². The van der Waals surface area contributed by atoms with Gasteiger partial charge in [0, 0.05) is 6.04 Å². The first-order valence-electron chi connectivity index (χ1n) is 7.43. The summed E-state index contributed by atoms with van der Waals surface area (Å²) in [4.78, 5) is 11.9. The van der Waals surface area contributed by atoms with Crippen LogP contribution in [0.1, 0.15) is 38.5 Å². The number of fused-ring (bicyclic) bond motifs is 2. The van der Waals surface area contributed by atoms with Crippen LogP contribution in [0, 0.1) is 11.8 Å². The summed E-state index contributed by atoms with van der Waals surface area (Å²) >= 11 is 0. The minimum absolute atomic E-state index is 0.0890. The van der Waals surface area contributed by atoms with E-state index in [2.05, 4.69) is 10.6 Å². The first-order valence-corrected chi connectivity index (χ1v) is 7.43. The van der Waals surface area contributed by atoms with Crippen LogP contribution < -0.4 is 10.6 Å². The molecule has 102 valence electrons. The van der Waals surface area contributed by atoms with Crippen LogP contribution in [-0.4, -0.2) is 37.7 Å². The van der Waals surface area contributed by atoms with E-state index < -0.39 is 0 Å². The molecule has 1 aliphatic heterocycles. The van der Waals surface area contributed by atoms with Gasteiger partial charge in [-0.1, -0.05) is 6.42 Å². The molecule has 1 saturated heterocycles. The molecule has 2 bridgehead atoms. The average Bonchev–Trinajstić information content (AvgIpc) is 3.00. The van der Waals surface area contributed by atoms with Crippen LogP contribution in [0.4, 0.5) is 0 Å². The summed E-state index contributed by atoms with van der Waals surface area (Å²) in [6, 6.07) is 0.438. The van der Waals surface area contributed by atoms with Gasteiger partial charge in [0.15, 0.2) is 0 Å². The summed E-state index contributed by atoms with van der Waals surface area (Å²) in [6.07, 6.45) is 7.55. The van der Waals surface area contributed by atoms with Crippen molar-refractivity contribution in [2.45, 2.75) is 50.7 Å². The van der Waals surface area contributed by atoms with E-state index in [4.69, 9.17) is 4.74 Å². The molecule has 3 fully saturated rings. The fourth-order valence-electron chi connectivity index (χ4n) is 3.83. The van der Waals surface area contributed by atoms with E-state index in [1.54, 1.807) is 0 Å². The number of piperidine rings is 1. The zero-order valence-electron chi connectivity index (χ0n) is 11.0. The second-order valence-electron chi connectivity index (χ2n) is 6.11. The van der Waals surface area contributed by atoms with Gasteiger partial charge in [-0.2, -0.15) is 0 Å². The number of hydrogen-bond donors (Lipinski definition) is 2. The Morgan fingerprint density at radius 3 is 2.67 bits per heavy atom. The highest BCUT2D eigenvalue weighted by Gasteiger charge is 2.40. The van der Waals surface area contributed by atoms with Gasteiger partial charge in [-0.15, -0.1) is 0 Å². The van der Waals surface area contributed by atoms with E-state index in [1.807, 2.05) is 0 Å². The number of carbonyl (C=O) groups excluding carboxylic acids is 1. The first-order chi connectivity index (χ1) is 8.81. The lowest BCUT2D eigenvalue weighted by Gasteiger charge is -2.25. The van der Waals surface area contributed by atoms with Gasteiger partial charge in [0.25, 0.3) is 0 Å². The highest BCUT2D eigenvalue weighted by molar-refractivity contribution is 5.77. The standard InChI is InChI=1S/C14H24N2O2/c17-14(9-18-12-3-5-15-6-4-12)16-13-8-10-1-2-11(13)7-10/h10-13,15H,1-9H2,(H,16,17). The van der Waals surface area contributed by atoms with Crippen molar-refractivity contribution in [3.63, 3.8) is 0 Å². The Morgan fingerprint density at radius 2 is 2.00 bits per heavy atom. The highest BCUT2D eigenvalue weighted by Crippen LogP contribution is 2.44. The SMILES string of the molecule is O=C(COC1CCNCC1)NC1CC2CCC1C2. The average molecular weight is 252 g/mol. The summed E-state index contributed by atoms with van der Waals surface area (Å²) in [5.41, 5.74) is 0. The zero-order valence-corrected chi connectivity index (χ0v) is 11.0. The van der Waals surface area contributed by atoms with Crippen molar-refractivity contribution in [2.24, 2.45) is 11.8 Å². The third-order valence-corrected chi connectivity index (χ3v) is 4.82. The molecular formula is C14H24N2O2. The number of hydrogen-bond acceptors (Lipinski definition) is 3. The number of ether oxygens (including phenoxy) is 1. The molecule has 0 spiro atoms. The Kier molecular flexibility index (Phi) is 3.85. The Labute approximate surface area is 109 Å². The van der Waals surface area contributed by atoms with Crippen LogP contribution in [0.25, 0.3) is 0 Å². The maximum Gasteiger partial charge on any atom is 0.246 e. The van der Waals surface area contributed by atoms with Gasteiger partial charge in [-0.25, -0.2) is 0 Å². The molecular weight excluding hydrogens is 228 g/mol. The van der Waals surface area contributed by atoms with E-state index in [9.17, 15) is 4.79 Å². The number of nitrogens with one attached hydrogen (secondary N) is 2. The smallest absolute Gasteiger partial charge is 0.246 e. The monoisotopic (exact) mass is 252 g/mol. The number of carbonyl (C=O) groups is 1. The third-order valence-electron chi connectivity index (χ3n) is 4.82. The van der Waals surface area contributed by atoms with Crippen molar-refractivity contribution in [2.75, 3.05) is 19.7 Å². The van der Waals surface area contributed by atoms with E-state index in [0.29, 0.717) is 6.04 Å². The Bertz CT molecular complexity index is 302. The van der Waals surface area contributed by atoms with Crippen LogP contribution in [0.5, 0.6) is 0 Å². The van der Waals surface area contributed by atoms with Crippen molar-refractivity contribution < 1.29 is 9.53 Å².